The molecule has 8 nitrogen and oxygen atoms in total. The highest BCUT2D eigenvalue weighted by Crippen LogP contribution is 2.39. The smallest absolute Gasteiger partial charge is 0.338 e. The van der Waals surface area contributed by atoms with Gasteiger partial charge >= 0.3 is 5.97 Å². The summed E-state index contributed by atoms with van der Waals surface area (Å²) >= 11 is 4.68. The van der Waals surface area contributed by atoms with E-state index in [0.29, 0.717) is 33.1 Å². The topological polar surface area (TPSA) is 117 Å². The van der Waals surface area contributed by atoms with Crippen molar-refractivity contribution in [3.8, 4) is 11.5 Å². The van der Waals surface area contributed by atoms with Crippen molar-refractivity contribution in [1.82, 2.24) is 0 Å². The molecule has 0 unspecified atom stereocenters. The summed E-state index contributed by atoms with van der Waals surface area (Å²) < 4.78 is 16.4. The summed E-state index contributed by atoms with van der Waals surface area (Å²) in [6, 6.07) is 3.01. The molecule has 1 aromatic carbocycles. The van der Waals surface area contributed by atoms with Gasteiger partial charge in [0.2, 0.25) is 0 Å². The van der Waals surface area contributed by atoms with Crippen LogP contribution in [-0.4, -0.2) is 38.1 Å². The highest BCUT2D eigenvalue weighted by molar-refractivity contribution is 9.10. The largest absolute Gasteiger partial charge is 0.493 e. The van der Waals surface area contributed by atoms with Crippen molar-refractivity contribution in [3.05, 3.63) is 38.2 Å². The molecule has 3 N–H and O–H groups in total. The fourth-order valence-electron chi connectivity index (χ4n) is 3.25. The minimum atomic E-state index is -0.698. The average Bonchev–Trinajstić information content (AvgIpc) is 3.27. The van der Waals surface area contributed by atoms with E-state index in [2.05, 4.69) is 21.2 Å². The summed E-state index contributed by atoms with van der Waals surface area (Å²) in [4.78, 5) is 37.5. The van der Waals surface area contributed by atoms with Crippen LogP contribution in [0.25, 0.3) is 0 Å². The molecule has 0 spiro atoms. The molecule has 0 saturated heterocycles. The van der Waals surface area contributed by atoms with Crippen molar-refractivity contribution in [2.24, 2.45) is 5.73 Å². The zero-order valence-electron chi connectivity index (χ0n) is 16.5. The van der Waals surface area contributed by atoms with Crippen LogP contribution in [0.15, 0.2) is 16.6 Å². The molecule has 1 aliphatic carbocycles. The Bertz CT molecular complexity index is 1000. The number of ether oxygens (including phenoxy) is 3. The average molecular weight is 497 g/mol. The van der Waals surface area contributed by atoms with Crippen molar-refractivity contribution >= 4 is 50.1 Å². The molecule has 1 aromatic heterocycles. The van der Waals surface area contributed by atoms with E-state index >= 15 is 0 Å². The first-order valence-corrected chi connectivity index (χ1v) is 10.9. The van der Waals surface area contributed by atoms with E-state index in [9.17, 15) is 14.4 Å². The van der Waals surface area contributed by atoms with E-state index in [-0.39, 0.29) is 5.56 Å². The number of anilines is 1. The molecule has 160 valence electrons. The molecule has 0 atom stereocenters. The molecular weight excluding hydrogens is 476 g/mol. The number of carbonyl (C=O) groups is 3. The Kier molecular flexibility index (Phi) is 6.99. The first kappa shape index (κ1) is 22.1. The maximum atomic E-state index is 12.4. The summed E-state index contributed by atoms with van der Waals surface area (Å²) in [5.74, 6) is -0.993. The molecule has 1 heterocycles. The summed E-state index contributed by atoms with van der Waals surface area (Å²) in [6.07, 6.45) is 2.59. The van der Waals surface area contributed by atoms with Gasteiger partial charge in [-0.15, -0.1) is 11.3 Å². The minimum Gasteiger partial charge on any atom is -0.493 e. The third kappa shape index (κ3) is 4.59. The second kappa shape index (κ2) is 9.48. The predicted molar refractivity (Wildman–Crippen MR) is 116 cm³/mol. The lowest BCUT2D eigenvalue weighted by atomic mass is 10.1. The van der Waals surface area contributed by atoms with Crippen molar-refractivity contribution in [2.75, 3.05) is 25.6 Å². The third-order valence-electron chi connectivity index (χ3n) is 4.51. The number of rotatable bonds is 8. The molecule has 2 aromatic rings. The number of primary amides is 1. The number of thiophene rings is 1. The van der Waals surface area contributed by atoms with Crippen LogP contribution in [0.5, 0.6) is 11.5 Å². The van der Waals surface area contributed by atoms with Gasteiger partial charge in [-0.05, 0) is 59.8 Å². The third-order valence-corrected chi connectivity index (χ3v) is 6.31. The Balaban J connectivity index is 1.66. The summed E-state index contributed by atoms with van der Waals surface area (Å²) in [5.41, 5.74) is 6.95. The van der Waals surface area contributed by atoms with E-state index in [1.165, 1.54) is 30.6 Å². The van der Waals surface area contributed by atoms with Crippen LogP contribution in [0.1, 0.15) is 44.5 Å². The monoisotopic (exact) mass is 496 g/mol. The molecule has 0 saturated carbocycles. The number of carbonyl (C=O) groups excluding carboxylic acids is 3. The Morgan fingerprint density at radius 1 is 1.27 bits per heavy atom. The van der Waals surface area contributed by atoms with Gasteiger partial charge in [0.1, 0.15) is 5.00 Å². The first-order chi connectivity index (χ1) is 14.3. The van der Waals surface area contributed by atoms with E-state index in [0.717, 1.165) is 29.7 Å². The maximum absolute atomic E-state index is 12.4. The van der Waals surface area contributed by atoms with Gasteiger partial charge in [0.25, 0.3) is 11.8 Å². The molecule has 0 bridgehead atoms. The highest BCUT2D eigenvalue weighted by atomic mass is 79.9. The van der Waals surface area contributed by atoms with Crippen LogP contribution in [0.3, 0.4) is 0 Å². The number of aryl methyl sites for hydroxylation is 1. The summed E-state index contributed by atoms with van der Waals surface area (Å²) in [5, 5.41) is 3.04. The molecule has 3 rings (SSSR count). The second-order valence-electron chi connectivity index (χ2n) is 6.47. The highest BCUT2D eigenvalue weighted by Gasteiger charge is 2.26. The number of nitrogens with one attached hydrogen (secondary N) is 1. The number of methoxy groups -OCH3 is 1. The van der Waals surface area contributed by atoms with Crippen molar-refractivity contribution in [2.45, 2.75) is 26.2 Å². The number of nitrogens with two attached hydrogens (primary N) is 1. The molecule has 10 heteroatoms. The van der Waals surface area contributed by atoms with Crippen LogP contribution < -0.4 is 20.5 Å². The lowest BCUT2D eigenvalue weighted by Crippen LogP contribution is -2.22. The Morgan fingerprint density at radius 3 is 2.70 bits per heavy atom. The van der Waals surface area contributed by atoms with Gasteiger partial charge in [0.15, 0.2) is 18.1 Å². The zero-order chi connectivity index (χ0) is 21.8. The minimum absolute atomic E-state index is 0.197. The van der Waals surface area contributed by atoms with Crippen LogP contribution in [0.4, 0.5) is 5.00 Å². The second-order valence-corrected chi connectivity index (χ2v) is 8.43. The van der Waals surface area contributed by atoms with Gasteiger partial charge in [0, 0.05) is 4.88 Å². The van der Waals surface area contributed by atoms with Crippen LogP contribution in [-0.2, 0) is 22.4 Å². The molecule has 0 radical (unpaired) electrons. The van der Waals surface area contributed by atoms with Gasteiger partial charge in [-0.2, -0.15) is 0 Å². The van der Waals surface area contributed by atoms with Gasteiger partial charge < -0.3 is 25.3 Å². The molecule has 2 amide bonds. The summed E-state index contributed by atoms with van der Waals surface area (Å²) in [6.45, 7) is 1.75. The van der Waals surface area contributed by atoms with Gasteiger partial charge in [-0.3, -0.25) is 9.59 Å². The molecule has 0 fully saturated rings. The molecular formula is C20H21BrN2O6S. The van der Waals surface area contributed by atoms with E-state index in [4.69, 9.17) is 19.9 Å². The number of benzene rings is 1. The number of amides is 2. The van der Waals surface area contributed by atoms with Crippen LogP contribution in [0, 0.1) is 0 Å². The van der Waals surface area contributed by atoms with Gasteiger partial charge in [-0.25, -0.2) is 4.79 Å². The molecule has 1 aliphatic rings. The van der Waals surface area contributed by atoms with Crippen LogP contribution in [0.2, 0.25) is 0 Å². The molecule has 30 heavy (non-hydrogen) atoms. The number of hydrogen-bond acceptors (Lipinski definition) is 7. The number of hydrogen-bond donors (Lipinski definition) is 2. The first-order valence-electron chi connectivity index (χ1n) is 9.27. The van der Waals surface area contributed by atoms with E-state index < -0.39 is 24.4 Å². The normalized spacial score (nSPS) is 12.2. The maximum Gasteiger partial charge on any atom is 0.338 e. The standard InChI is InChI=1S/C20H21BrN2O6S/c1-3-28-17-12(21)7-10(8-13(17)27-2)20(26)29-9-15(24)23-19-16(18(22)25)11-5-4-6-14(11)30-19/h7-8H,3-6,9H2,1-2H3,(H2,22,25)(H,23,24). The van der Waals surface area contributed by atoms with Crippen molar-refractivity contribution in [3.63, 3.8) is 0 Å². The van der Waals surface area contributed by atoms with E-state index in [1.807, 2.05) is 6.92 Å². The predicted octanol–water partition coefficient (Wildman–Crippen LogP) is 3.30. The number of esters is 1. The Hall–Kier alpha value is -2.59. The van der Waals surface area contributed by atoms with Crippen LogP contribution >= 0.6 is 27.3 Å². The lowest BCUT2D eigenvalue weighted by Gasteiger charge is -2.13. The molecule has 0 aliphatic heterocycles. The SMILES string of the molecule is CCOc1c(Br)cc(C(=O)OCC(=O)Nc2sc3c(c2C(N)=O)CCC3)cc1OC. The Labute approximate surface area is 185 Å². The fraction of sp³-hybridized carbons (Fsp3) is 0.350. The van der Waals surface area contributed by atoms with Crippen molar-refractivity contribution in [1.29, 1.82) is 0 Å². The number of halogens is 1. The zero-order valence-corrected chi connectivity index (χ0v) is 18.9. The summed E-state index contributed by atoms with van der Waals surface area (Å²) in [7, 11) is 1.46. The quantitative estimate of drug-likeness (QED) is 0.541. The fourth-order valence-corrected chi connectivity index (χ4v) is 5.12. The van der Waals surface area contributed by atoms with Crippen molar-refractivity contribution < 1.29 is 28.6 Å². The Morgan fingerprint density at radius 2 is 2.03 bits per heavy atom. The van der Waals surface area contributed by atoms with Gasteiger partial charge in [-0.1, -0.05) is 0 Å². The van der Waals surface area contributed by atoms with E-state index in [1.54, 1.807) is 0 Å². The number of fused-ring (bicyclic) bond motifs is 1. The van der Waals surface area contributed by atoms with Gasteiger partial charge in [0.05, 0.1) is 29.3 Å². The lowest BCUT2D eigenvalue weighted by molar-refractivity contribution is -0.119.